The highest BCUT2D eigenvalue weighted by molar-refractivity contribution is 5.14. The monoisotopic (exact) mass is 208 g/mol. The maximum absolute atomic E-state index is 8.52. The Morgan fingerprint density at radius 3 is 1.87 bits per heavy atom. The Balaban J connectivity index is 0.000000288. The maximum atomic E-state index is 8.52. The van der Waals surface area contributed by atoms with Gasteiger partial charge in [0, 0.05) is 6.61 Å². The molecule has 1 heteroatoms. The van der Waals surface area contributed by atoms with Gasteiger partial charge in [0.15, 0.2) is 0 Å². The molecule has 86 valence electrons. The average molecular weight is 208 g/mol. The summed E-state index contributed by atoms with van der Waals surface area (Å²) >= 11 is 0. The Kier molecular flexibility index (Phi) is 10.6. The summed E-state index contributed by atoms with van der Waals surface area (Å²) in [5.41, 5.74) is 1.19. The van der Waals surface area contributed by atoms with Crippen molar-refractivity contribution in [2.24, 2.45) is 0 Å². The molecule has 1 nitrogen and oxygen atoms in total. The first-order valence-electron chi connectivity index (χ1n) is 5.99. The fourth-order valence-corrected chi connectivity index (χ4v) is 1.27. The number of benzene rings is 1. The second-order valence-electron chi connectivity index (χ2n) is 3.67. The van der Waals surface area contributed by atoms with Gasteiger partial charge >= 0.3 is 0 Å². The summed E-state index contributed by atoms with van der Waals surface area (Å²) < 4.78 is 0. The zero-order chi connectivity index (χ0) is 11.4. The zero-order valence-corrected chi connectivity index (χ0v) is 10.1. The van der Waals surface area contributed by atoms with Gasteiger partial charge in [-0.3, -0.25) is 0 Å². The van der Waals surface area contributed by atoms with Gasteiger partial charge in [-0.15, -0.1) is 0 Å². The molecule has 0 saturated heterocycles. The van der Waals surface area contributed by atoms with Crippen LogP contribution in [0.5, 0.6) is 0 Å². The lowest BCUT2D eigenvalue weighted by atomic mass is 10.2. The Morgan fingerprint density at radius 2 is 1.47 bits per heavy atom. The van der Waals surface area contributed by atoms with Crippen molar-refractivity contribution in [3.8, 4) is 0 Å². The van der Waals surface area contributed by atoms with Crippen molar-refractivity contribution in [1.29, 1.82) is 0 Å². The number of aliphatic hydroxyl groups is 1. The van der Waals surface area contributed by atoms with E-state index in [0.717, 1.165) is 6.42 Å². The summed E-state index contributed by atoms with van der Waals surface area (Å²) in [5.74, 6) is 0. The molecule has 0 saturated carbocycles. The molecule has 0 aliphatic rings. The van der Waals surface area contributed by atoms with Crippen LogP contribution in [-0.2, 0) is 6.42 Å². The van der Waals surface area contributed by atoms with Crippen LogP contribution in [0.2, 0.25) is 0 Å². The fourth-order valence-electron chi connectivity index (χ4n) is 1.27. The van der Waals surface area contributed by atoms with E-state index >= 15 is 0 Å². The molecule has 0 spiro atoms. The minimum atomic E-state index is 0.240. The number of aliphatic hydroxyl groups excluding tert-OH is 1. The molecular formula is C14H24O. The highest BCUT2D eigenvalue weighted by Crippen LogP contribution is 1.97. The molecule has 1 aromatic rings. The van der Waals surface area contributed by atoms with E-state index < -0.39 is 0 Å². The Labute approximate surface area is 94.2 Å². The van der Waals surface area contributed by atoms with Crippen LogP contribution in [0.1, 0.15) is 45.1 Å². The fraction of sp³-hybridized carbons (Fsp3) is 0.571. The summed E-state index contributed by atoms with van der Waals surface area (Å²) in [6, 6.07) is 9.95. The summed E-state index contributed by atoms with van der Waals surface area (Å²) in [6.07, 6.45) is 6.30. The van der Waals surface area contributed by atoms with E-state index in [1.54, 1.807) is 0 Å². The van der Waals surface area contributed by atoms with Crippen LogP contribution in [-0.4, -0.2) is 11.7 Å². The van der Waals surface area contributed by atoms with E-state index in [4.69, 9.17) is 5.11 Å². The maximum Gasteiger partial charge on any atom is 0.0471 e. The van der Waals surface area contributed by atoms with Crippen LogP contribution in [0.15, 0.2) is 30.3 Å². The number of unbranched alkanes of at least 4 members (excludes halogenated alkanes) is 3. The molecule has 0 amide bonds. The van der Waals surface area contributed by atoms with Crippen LogP contribution in [0, 0.1) is 0 Å². The van der Waals surface area contributed by atoms with Gasteiger partial charge in [-0.25, -0.2) is 0 Å². The minimum absolute atomic E-state index is 0.240. The molecule has 0 heterocycles. The van der Waals surface area contributed by atoms with Crippen molar-refractivity contribution in [2.45, 2.75) is 46.0 Å². The van der Waals surface area contributed by atoms with Crippen molar-refractivity contribution < 1.29 is 5.11 Å². The lowest BCUT2D eigenvalue weighted by Crippen LogP contribution is -1.88. The molecule has 0 fully saturated rings. The van der Waals surface area contributed by atoms with Gasteiger partial charge in [0.1, 0.15) is 0 Å². The Bertz CT molecular complexity index is 202. The van der Waals surface area contributed by atoms with E-state index in [9.17, 15) is 0 Å². The van der Waals surface area contributed by atoms with E-state index in [0.29, 0.717) is 0 Å². The third kappa shape index (κ3) is 9.48. The van der Waals surface area contributed by atoms with Crippen LogP contribution < -0.4 is 0 Å². The van der Waals surface area contributed by atoms with E-state index in [1.165, 1.54) is 31.2 Å². The van der Waals surface area contributed by atoms with E-state index in [1.807, 2.05) is 30.3 Å². The Morgan fingerprint density at radius 1 is 0.933 bits per heavy atom. The first-order chi connectivity index (χ1) is 7.35. The van der Waals surface area contributed by atoms with Gasteiger partial charge in [0.25, 0.3) is 0 Å². The first-order valence-corrected chi connectivity index (χ1v) is 5.99. The van der Waals surface area contributed by atoms with Crippen molar-refractivity contribution in [3.63, 3.8) is 0 Å². The minimum Gasteiger partial charge on any atom is -0.396 e. The lowest BCUT2D eigenvalue weighted by molar-refractivity contribution is 0.299. The number of rotatable bonds is 5. The molecule has 0 aliphatic carbocycles. The van der Waals surface area contributed by atoms with Gasteiger partial charge in [-0.2, -0.15) is 0 Å². The van der Waals surface area contributed by atoms with Gasteiger partial charge < -0.3 is 5.11 Å². The highest BCUT2D eigenvalue weighted by Gasteiger charge is 1.85. The van der Waals surface area contributed by atoms with Gasteiger partial charge in [0.05, 0.1) is 0 Å². The standard InChI is InChI=1S/C8H10O.C6H14/c9-7-6-8-4-2-1-3-5-8;1-3-5-6-4-2/h1-5,9H,6-7H2;3-6H2,1-2H3. The number of hydrogen-bond acceptors (Lipinski definition) is 1. The van der Waals surface area contributed by atoms with Crippen molar-refractivity contribution in [2.75, 3.05) is 6.61 Å². The zero-order valence-electron chi connectivity index (χ0n) is 10.1. The second kappa shape index (κ2) is 11.3. The van der Waals surface area contributed by atoms with Crippen LogP contribution in [0.4, 0.5) is 0 Å². The predicted octanol–water partition coefficient (Wildman–Crippen LogP) is 3.81. The summed E-state index contributed by atoms with van der Waals surface area (Å²) in [6.45, 7) is 4.70. The molecule has 0 unspecified atom stereocenters. The smallest absolute Gasteiger partial charge is 0.0471 e. The summed E-state index contributed by atoms with van der Waals surface area (Å²) in [7, 11) is 0. The highest BCUT2D eigenvalue weighted by atomic mass is 16.2. The molecule has 1 rings (SSSR count). The van der Waals surface area contributed by atoms with Crippen molar-refractivity contribution in [3.05, 3.63) is 35.9 Å². The van der Waals surface area contributed by atoms with E-state index in [-0.39, 0.29) is 6.61 Å². The summed E-state index contributed by atoms with van der Waals surface area (Å²) in [5, 5.41) is 8.52. The SMILES string of the molecule is CCCCCC.OCCc1ccccc1. The largest absolute Gasteiger partial charge is 0.396 e. The van der Waals surface area contributed by atoms with Crippen molar-refractivity contribution in [1.82, 2.24) is 0 Å². The quantitative estimate of drug-likeness (QED) is 0.730. The second-order valence-corrected chi connectivity index (χ2v) is 3.67. The van der Waals surface area contributed by atoms with Crippen LogP contribution >= 0.6 is 0 Å². The molecule has 0 aromatic heterocycles. The van der Waals surface area contributed by atoms with Gasteiger partial charge in [0.2, 0.25) is 0 Å². The molecule has 0 radical (unpaired) electrons. The molecule has 0 aliphatic heterocycles. The predicted molar refractivity (Wildman–Crippen MR) is 67.0 cm³/mol. The molecule has 1 aromatic carbocycles. The summed E-state index contributed by atoms with van der Waals surface area (Å²) in [4.78, 5) is 0. The lowest BCUT2D eigenvalue weighted by Gasteiger charge is -1.93. The molecule has 15 heavy (non-hydrogen) atoms. The number of hydrogen-bond donors (Lipinski definition) is 1. The molecule has 1 N–H and O–H groups in total. The third-order valence-electron chi connectivity index (χ3n) is 2.20. The molecule has 0 bridgehead atoms. The normalized spacial score (nSPS) is 9.27. The third-order valence-corrected chi connectivity index (χ3v) is 2.20. The molecule has 0 atom stereocenters. The topological polar surface area (TPSA) is 20.2 Å². The van der Waals surface area contributed by atoms with E-state index in [2.05, 4.69) is 13.8 Å². The average Bonchev–Trinajstić information content (AvgIpc) is 2.29. The Hall–Kier alpha value is -0.820. The van der Waals surface area contributed by atoms with Crippen LogP contribution in [0.3, 0.4) is 0 Å². The van der Waals surface area contributed by atoms with Gasteiger partial charge in [-0.05, 0) is 12.0 Å². The van der Waals surface area contributed by atoms with Crippen molar-refractivity contribution >= 4 is 0 Å². The van der Waals surface area contributed by atoms with Crippen LogP contribution in [0.25, 0.3) is 0 Å². The first kappa shape index (κ1) is 14.2. The molecular weight excluding hydrogens is 184 g/mol. The van der Waals surface area contributed by atoms with Gasteiger partial charge in [-0.1, -0.05) is 69.9 Å².